The van der Waals surface area contributed by atoms with E-state index in [0.717, 1.165) is 0 Å². The Labute approximate surface area is 153 Å². The van der Waals surface area contributed by atoms with Crippen molar-refractivity contribution in [3.05, 3.63) is 34.4 Å². The monoisotopic (exact) mass is 384 g/mol. The molecule has 2 rings (SSSR count). The molecule has 0 bridgehead atoms. The summed E-state index contributed by atoms with van der Waals surface area (Å²) in [5.74, 6) is -0.559. The van der Waals surface area contributed by atoms with Gasteiger partial charge in [-0.2, -0.15) is 4.31 Å². The van der Waals surface area contributed by atoms with Gasteiger partial charge in [-0.1, -0.05) is 0 Å². The van der Waals surface area contributed by atoms with Crippen LogP contribution in [0.25, 0.3) is 0 Å². The third-order valence-electron chi connectivity index (χ3n) is 4.52. The molecule has 2 unspecified atom stereocenters. The van der Waals surface area contributed by atoms with E-state index in [-0.39, 0.29) is 29.1 Å². The fourth-order valence-corrected chi connectivity index (χ4v) is 4.29. The number of benzene rings is 1. The Balaban J connectivity index is 2.07. The molecule has 1 aliphatic heterocycles. The number of carbonyl (C=O) groups is 1. The molecular formula is C16H24N4O5S. The maximum atomic E-state index is 12.8. The Morgan fingerprint density at radius 3 is 2.62 bits per heavy atom. The Hall–Kier alpha value is -2.04. The largest absolute Gasteiger partial charge is 0.354 e. The molecule has 0 aliphatic carbocycles. The van der Waals surface area contributed by atoms with E-state index >= 15 is 0 Å². The molecule has 0 saturated carbocycles. The molecule has 0 radical (unpaired) electrons. The number of likely N-dealkylation sites (N-methyl/N-ethyl adjacent to an activating group) is 1. The zero-order valence-corrected chi connectivity index (χ0v) is 15.7. The van der Waals surface area contributed by atoms with E-state index in [9.17, 15) is 23.3 Å². The number of amides is 1. The van der Waals surface area contributed by atoms with Crippen molar-refractivity contribution in [1.82, 2.24) is 14.9 Å². The van der Waals surface area contributed by atoms with Crippen LogP contribution in [0.2, 0.25) is 0 Å². The second kappa shape index (κ2) is 8.56. The number of hydrogen-bond acceptors (Lipinski definition) is 6. The number of nitrogens with one attached hydrogen (secondary N) is 2. The number of hydrogen-bond donors (Lipinski definition) is 2. The van der Waals surface area contributed by atoms with Gasteiger partial charge in [-0.3, -0.25) is 14.9 Å². The van der Waals surface area contributed by atoms with Crippen molar-refractivity contribution in [3.63, 3.8) is 0 Å². The van der Waals surface area contributed by atoms with Gasteiger partial charge in [0.15, 0.2) is 0 Å². The molecule has 9 nitrogen and oxygen atoms in total. The number of nitro benzene ring substituents is 1. The molecule has 2 N–H and O–H groups in total. The minimum atomic E-state index is -3.79. The van der Waals surface area contributed by atoms with Gasteiger partial charge in [0.2, 0.25) is 15.9 Å². The summed E-state index contributed by atoms with van der Waals surface area (Å²) in [6, 6.07) is 4.92. The molecule has 26 heavy (non-hydrogen) atoms. The topological polar surface area (TPSA) is 122 Å². The molecule has 1 aromatic rings. The number of nitro groups is 1. The zero-order valence-electron chi connectivity index (χ0n) is 14.8. The average Bonchev–Trinajstić information content (AvgIpc) is 2.65. The normalized spacial score (nSPS) is 19.7. The fourth-order valence-electron chi connectivity index (χ4n) is 2.76. The summed E-state index contributed by atoms with van der Waals surface area (Å²) < 4.78 is 26.8. The lowest BCUT2D eigenvalue weighted by molar-refractivity contribution is -0.384. The molecule has 0 aromatic heterocycles. The highest BCUT2D eigenvalue weighted by Crippen LogP contribution is 2.25. The van der Waals surface area contributed by atoms with Crippen molar-refractivity contribution >= 4 is 21.6 Å². The number of rotatable bonds is 7. The summed E-state index contributed by atoms with van der Waals surface area (Å²) in [5, 5.41) is 16.6. The van der Waals surface area contributed by atoms with E-state index in [1.165, 1.54) is 28.6 Å². The van der Waals surface area contributed by atoms with Gasteiger partial charge < -0.3 is 10.6 Å². The lowest BCUT2D eigenvalue weighted by Gasteiger charge is -2.31. The van der Waals surface area contributed by atoms with Crippen molar-refractivity contribution in [1.29, 1.82) is 0 Å². The number of piperidine rings is 1. The Bertz CT molecular complexity index is 750. The second-order valence-electron chi connectivity index (χ2n) is 6.39. The predicted molar refractivity (Wildman–Crippen MR) is 96.1 cm³/mol. The molecule has 144 valence electrons. The first-order valence-corrected chi connectivity index (χ1v) is 9.89. The number of sulfonamides is 1. The highest BCUT2D eigenvalue weighted by atomic mass is 32.2. The summed E-state index contributed by atoms with van der Waals surface area (Å²) in [6.45, 7) is 2.85. The number of carbonyl (C=O) groups excluding carboxylic acids is 1. The average molecular weight is 384 g/mol. The third kappa shape index (κ3) is 4.77. The minimum Gasteiger partial charge on any atom is -0.354 e. The molecule has 1 saturated heterocycles. The summed E-state index contributed by atoms with van der Waals surface area (Å²) in [7, 11) is -1.99. The van der Waals surface area contributed by atoms with Crippen molar-refractivity contribution in [2.45, 2.75) is 30.7 Å². The lowest BCUT2D eigenvalue weighted by Crippen LogP contribution is -2.47. The molecule has 1 amide bonds. The Morgan fingerprint density at radius 2 is 2.04 bits per heavy atom. The Morgan fingerprint density at radius 1 is 1.38 bits per heavy atom. The summed E-state index contributed by atoms with van der Waals surface area (Å²) in [4.78, 5) is 22.4. The van der Waals surface area contributed by atoms with Gasteiger partial charge in [0.1, 0.15) is 0 Å². The molecule has 2 atom stereocenters. The van der Waals surface area contributed by atoms with Gasteiger partial charge in [0.05, 0.1) is 15.7 Å². The fraction of sp³-hybridized carbons (Fsp3) is 0.562. The SMILES string of the molecule is CNC(C)CNC(=O)C1CCCN(S(=O)(=O)c2ccc([N+](=O)[O-])cc2)C1. The molecule has 10 heteroatoms. The lowest BCUT2D eigenvalue weighted by atomic mass is 9.99. The van der Waals surface area contributed by atoms with Gasteiger partial charge in [0, 0.05) is 37.8 Å². The molecule has 0 spiro atoms. The minimum absolute atomic E-state index is 0.00652. The third-order valence-corrected chi connectivity index (χ3v) is 6.39. The first-order valence-electron chi connectivity index (χ1n) is 8.45. The Kier molecular flexibility index (Phi) is 6.68. The van der Waals surface area contributed by atoms with E-state index < -0.39 is 20.9 Å². The van der Waals surface area contributed by atoms with Crippen molar-refractivity contribution in [2.75, 3.05) is 26.7 Å². The van der Waals surface area contributed by atoms with Crippen LogP contribution in [0.15, 0.2) is 29.2 Å². The highest BCUT2D eigenvalue weighted by Gasteiger charge is 2.33. The van der Waals surface area contributed by atoms with E-state index in [1.807, 2.05) is 6.92 Å². The van der Waals surface area contributed by atoms with Crippen LogP contribution in [-0.2, 0) is 14.8 Å². The second-order valence-corrected chi connectivity index (χ2v) is 8.33. The van der Waals surface area contributed by atoms with E-state index in [4.69, 9.17) is 0 Å². The molecule has 1 heterocycles. The van der Waals surface area contributed by atoms with Crippen molar-refractivity contribution in [3.8, 4) is 0 Å². The molecule has 1 fully saturated rings. The van der Waals surface area contributed by atoms with Crippen molar-refractivity contribution in [2.24, 2.45) is 5.92 Å². The molecular weight excluding hydrogens is 360 g/mol. The van der Waals surface area contributed by atoms with Crippen LogP contribution in [0.4, 0.5) is 5.69 Å². The predicted octanol–water partition coefficient (Wildman–Crippen LogP) is 0.720. The zero-order chi connectivity index (χ0) is 19.3. The van der Waals surface area contributed by atoms with Crippen LogP contribution >= 0.6 is 0 Å². The van der Waals surface area contributed by atoms with Gasteiger partial charge >= 0.3 is 0 Å². The van der Waals surface area contributed by atoms with E-state index in [1.54, 1.807) is 7.05 Å². The number of nitrogens with zero attached hydrogens (tertiary/aromatic N) is 2. The van der Waals surface area contributed by atoms with Crippen LogP contribution in [0.3, 0.4) is 0 Å². The van der Waals surface area contributed by atoms with Gasteiger partial charge in [-0.05, 0) is 38.9 Å². The highest BCUT2D eigenvalue weighted by molar-refractivity contribution is 7.89. The first-order chi connectivity index (χ1) is 12.3. The van der Waals surface area contributed by atoms with Gasteiger partial charge in [-0.25, -0.2) is 8.42 Å². The van der Waals surface area contributed by atoms with Crippen LogP contribution in [0.5, 0.6) is 0 Å². The maximum Gasteiger partial charge on any atom is 0.269 e. The summed E-state index contributed by atoms with van der Waals surface area (Å²) in [6.07, 6.45) is 1.22. The molecule has 1 aliphatic rings. The van der Waals surface area contributed by atoms with Crippen LogP contribution in [0, 0.1) is 16.0 Å². The summed E-state index contributed by atoms with van der Waals surface area (Å²) >= 11 is 0. The number of non-ortho nitro benzene ring substituents is 1. The van der Waals surface area contributed by atoms with E-state index in [0.29, 0.717) is 25.9 Å². The smallest absolute Gasteiger partial charge is 0.269 e. The van der Waals surface area contributed by atoms with Crippen LogP contribution in [0.1, 0.15) is 19.8 Å². The first kappa shape index (κ1) is 20.3. The van der Waals surface area contributed by atoms with Gasteiger partial charge in [0.25, 0.3) is 5.69 Å². The quantitative estimate of drug-likeness (QED) is 0.528. The molecule has 1 aromatic carbocycles. The van der Waals surface area contributed by atoms with Crippen LogP contribution in [-0.4, -0.2) is 56.3 Å². The van der Waals surface area contributed by atoms with E-state index in [2.05, 4.69) is 10.6 Å². The van der Waals surface area contributed by atoms with Gasteiger partial charge in [-0.15, -0.1) is 0 Å². The van der Waals surface area contributed by atoms with Crippen LogP contribution < -0.4 is 10.6 Å². The maximum absolute atomic E-state index is 12.8. The standard InChI is InChI=1S/C16H24N4O5S/c1-12(17-2)10-18-16(21)13-4-3-9-19(11-13)26(24,25)15-7-5-14(6-8-15)20(22)23/h5-8,12-13,17H,3-4,9-11H2,1-2H3,(H,18,21). The summed E-state index contributed by atoms with van der Waals surface area (Å²) in [5.41, 5.74) is -0.168. The van der Waals surface area contributed by atoms with Crippen molar-refractivity contribution < 1.29 is 18.1 Å².